The molecule has 0 unspecified atom stereocenters. The van der Waals surface area contributed by atoms with Crippen LogP contribution in [0.3, 0.4) is 0 Å². The van der Waals surface area contributed by atoms with Crippen molar-refractivity contribution in [1.82, 2.24) is 20.1 Å². The fourth-order valence-corrected chi connectivity index (χ4v) is 3.94. The van der Waals surface area contributed by atoms with Gasteiger partial charge in [0.2, 0.25) is 0 Å². The molecule has 1 aromatic heterocycles. The van der Waals surface area contributed by atoms with E-state index in [1.54, 1.807) is 0 Å². The fourth-order valence-electron chi connectivity index (χ4n) is 3.94. The number of fused-ring (bicyclic) bond motifs is 1. The van der Waals surface area contributed by atoms with Crippen LogP contribution in [0.1, 0.15) is 68.7 Å². The maximum atomic E-state index is 6.12. The first-order chi connectivity index (χ1) is 12.3. The second kappa shape index (κ2) is 7.56. The van der Waals surface area contributed by atoms with Gasteiger partial charge in [-0.3, -0.25) is 0 Å². The van der Waals surface area contributed by atoms with Crippen LogP contribution in [-0.2, 0) is 19.5 Å². The van der Waals surface area contributed by atoms with Gasteiger partial charge in [-0.2, -0.15) is 0 Å². The van der Waals surface area contributed by atoms with E-state index in [-0.39, 0.29) is 6.04 Å². The SMILES string of the molecule is C[C@H](NCc1cccc(OC2CCCC2)c1)c1nnc2n1CCCC2. The molecule has 1 fully saturated rings. The van der Waals surface area contributed by atoms with Gasteiger partial charge in [0, 0.05) is 19.5 Å². The molecule has 0 spiro atoms. The van der Waals surface area contributed by atoms with Crippen LogP contribution >= 0.6 is 0 Å². The Morgan fingerprint density at radius 1 is 1.20 bits per heavy atom. The Bertz CT molecular complexity index is 705. The van der Waals surface area contributed by atoms with Gasteiger partial charge in [-0.25, -0.2) is 0 Å². The van der Waals surface area contributed by atoms with Crippen molar-refractivity contribution in [2.75, 3.05) is 0 Å². The molecule has 1 atom stereocenters. The van der Waals surface area contributed by atoms with Gasteiger partial charge in [0.1, 0.15) is 17.4 Å². The van der Waals surface area contributed by atoms with E-state index in [1.165, 1.54) is 44.1 Å². The number of hydrogen-bond donors (Lipinski definition) is 1. The number of hydrogen-bond acceptors (Lipinski definition) is 4. The lowest BCUT2D eigenvalue weighted by molar-refractivity contribution is 0.210. The van der Waals surface area contributed by atoms with E-state index in [0.29, 0.717) is 6.10 Å². The third-order valence-electron chi connectivity index (χ3n) is 5.39. The number of aromatic nitrogens is 3. The van der Waals surface area contributed by atoms with Crippen LogP contribution in [0.5, 0.6) is 5.75 Å². The summed E-state index contributed by atoms with van der Waals surface area (Å²) in [7, 11) is 0. The molecule has 0 saturated heterocycles. The summed E-state index contributed by atoms with van der Waals surface area (Å²) in [6.07, 6.45) is 8.90. The van der Waals surface area contributed by atoms with Crippen molar-refractivity contribution in [3.63, 3.8) is 0 Å². The largest absolute Gasteiger partial charge is 0.490 e. The Labute approximate surface area is 149 Å². The predicted molar refractivity (Wildman–Crippen MR) is 97.5 cm³/mol. The molecule has 0 bridgehead atoms. The molecule has 134 valence electrons. The summed E-state index contributed by atoms with van der Waals surface area (Å²) in [5.74, 6) is 3.20. The van der Waals surface area contributed by atoms with Crippen molar-refractivity contribution in [2.45, 2.75) is 77.1 Å². The molecular formula is C20H28N4O. The van der Waals surface area contributed by atoms with E-state index in [1.807, 2.05) is 0 Å². The number of benzene rings is 1. The number of nitrogens with zero attached hydrogens (tertiary/aromatic N) is 3. The first-order valence-corrected chi connectivity index (χ1v) is 9.70. The summed E-state index contributed by atoms with van der Waals surface area (Å²) in [5, 5.41) is 12.4. The minimum atomic E-state index is 0.193. The zero-order valence-corrected chi connectivity index (χ0v) is 15.1. The molecule has 2 heterocycles. The molecule has 0 amide bonds. The third kappa shape index (κ3) is 3.87. The lowest BCUT2D eigenvalue weighted by Gasteiger charge is -2.19. The third-order valence-corrected chi connectivity index (χ3v) is 5.39. The van der Waals surface area contributed by atoms with Gasteiger partial charge in [0.05, 0.1) is 12.1 Å². The fraction of sp³-hybridized carbons (Fsp3) is 0.600. The average Bonchev–Trinajstić information content (AvgIpc) is 3.29. The van der Waals surface area contributed by atoms with E-state index in [2.05, 4.69) is 51.3 Å². The van der Waals surface area contributed by atoms with Crippen molar-refractivity contribution in [3.05, 3.63) is 41.5 Å². The van der Waals surface area contributed by atoms with Gasteiger partial charge in [-0.05, 0) is 63.1 Å². The zero-order chi connectivity index (χ0) is 17.1. The van der Waals surface area contributed by atoms with Crippen molar-refractivity contribution in [1.29, 1.82) is 0 Å². The Balaban J connectivity index is 1.36. The number of aryl methyl sites for hydroxylation is 1. The highest BCUT2D eigenvalue weighted by Crippen LogP contribution is 2.25. The summed E-state index contributed by atoms with van der Waals surface area (Å²) in [6, 6.07) is 8.67. The van der Waals surface area contributed by atoms with E-state index in [4.69, 9.17) is 4.74 Å². The molecule has 1 aromatic carbocycles. The quantitative estimate of drug-likeness (QED) is 0.869. The van der Waals surface area contributed by atoms with Crippen LogP contribution in [0.4, 0.5) is 0 Å². The van der Waals surface area contributed by atoms with Crippen molar-refractivity contribution in [2.24, 2.45) is 0 Å². The molecule has 25 heavy (non-hydrogen) atoms. The van der Waals surface area contributed by atoms with Crippen molar-refractivity contribution in [3.8, 4) is 5.75 Å². The Hall–Kier alpha value is -1.88. The van der Waals surface area contributed by atoms with Crippen LogP contribution in [-0.4, -0.2) is 20.9 Å². The minimum Gasteiger partial charge on any atom is -0.490 e. The Morgan fingerprint density at radius 3 is 2.96 bits per heavy atom. The second-order valence-corrected chi connectivity index (χ2v) is 7.36. The smallest absolute Gasteiger partial charge is 0.149 e. The first-order valence-electron chi connectivity index (χ1n) is 9.70. The zero-order valence-electron chi connectivity index (χ0n) is 15.1. The van der Waals surface area contributed by atoms with Gasteiger partial charge in [-0.15, -0.1) is 10.2 Å². The number of ether oxygens (including phenoxy) is 1. The van der Waals surface area contributed by atoms with Gasteiger partial charge in [0.25, 0.3) is 0 Å². The van der Waals surface area contributed by atoms with Crippen LogP contribution in [0.15, 0.2) is 24.3 Å². The van der Waals surface area contributed by atoms with Crippen LogP contribution < -0.4 is 10.1 Å². The monoisotopic (exact) mass is 340 g/mol. The lowest BCUT2D eigenvalue weighted by atomic mass is 10.1. The molecule has 1 aliphatic heterocycles. The van der Waals surface area contributed by atoms with Crippen LogP contribution in [0.25, 0.3) is 0 Å². The maximum absolute atomic E-state index is 6.12. The topological polar surface area (TPSA) is 52.0 Å². The average molecular weight is 340 g/mol. The van der Waals surface area contributed by atoms with E-state index < -0.39 is 0 Å². The first kappa shape index (κ1) is 16.6. The summed E-state index contributed by atoms with van der Waals surface area (Å²) in [4.78, 5) is 0. The highest BCUT2D eigenvalue weighted by molar-refractivity contribution is 5.28. The van der Waals surface area contributed by atoms with Gasteiger partial charge in [-0.1, -0.05) is 12.1 Å². The highest BCUT2D eigenvalue weighted by Gasteiger charge is 2.20. The molecule has 4 rings (SSSR count). The van der Waals surface area contributed by atoms with Crippen molar-refractivity contribution < 1.29 is 4.74 Å². The molecule has 1 saturated carbocycles. The second-order valence-electron chi connectivity index (χ2n) is 7.36. The van der Waals surface area contributed by atoms with Gasteiger partial charge >= 0.3 is 0 Å². The summed E-state index contributed by atoms with van der Waals surface area (Å²) >= 11 is 0. The van der Waals surface area contributed by atoms with E-state index in [9.17, 15) is 0 Å². The maximum Gasteiger partial charge on any atom is 0.149 e. The number of nitrogens with one attached hydrogen (secondary N) is 1. The minimum absolute atomic E-state index is 0.193. The molecule has 2 aromatic rings. The molecule has 1 N–H and O–H groups in total. The van der Waals surface area contributed by atoms with E-state index in [0.717, 1.165) is 36.9 Å². The summed E-state index contributed by atoms with van der Waals surface area (Å²) in [5.41, 5.74) is 1.25. The Kier molecular flexibility index (Phi) is 5.02. The molecule has 5 heteroatoms. The molecule has 0 radical (unpaired) electrons. The predicted octanol–water partition coefficient (Wildman–Crippen LogP) is 3.79. The van der Waals surface area contributed by atoms with Gasteiger partial charge in [0.15, 0.2) is 0 Å². The standard InChI is InChI=1S/C20H28N4O/c1-15(20-23-22-19-11-4-5-12-24(19)20)21-14-16-7-6-10-18(13-16)25-17-8-2-3-9-17/h6-7,10,13,15,17,21H,2-5,8-9,11-12,14H2,1H3/t15-/m0/s1. The van der Waals surface area contributed by atoms with Gasteiger partial charge < -0.3 is 14.6 Å². The lowest BCUT2D eigenvalue weighted by Crippen LogP contribution is -2.23. The summed E-state index contributed by atoms with van der Waals surface area (Å²) < 4.78 is 8.41. The molecule has 1 aliphatic carbocycles. The highest BCUT2D eigenvalue weighted by atomic mass is 16.5. The van der Waals surface area contributed by atoms with E-state index >= 15 is 0 Å². The van der Waals surface area contributed by atoms with Crippen molar-refractivity contribution >= 4 is 0 Å². The van der Waals surface area contributed by atoms with Crippen LogP contribution in [0, 0.1) is 0 Å². The van der Waals surface area contributed by atoms with Crippen LogP contribution in [0.2, 0.25) is 0 Å². The molecular weight excluding hydrogens is 312 g/mol. The number of rotatable bonds is 6. The Morgan fingerprint density at radius 2 is 2.08 bits per heavy atom. The normalized spacial score (nSPS) is 18.9. The molecule has 2 aliphatic rings. The molecule has 5 nitrogen and oxygen atoms in total. The summed E-state index contributed by atoms with van der Waals surface area (Å²) in [6.45, 7) is 4.03.